The highest BCUT2D eigenvalue weighted by Gasteiger charge is 2.33. The SMILES string of the molecule is COc1ccc(C2=NN(C(C)=O)C(c3cc(Cl)cc(Cl)c3O)C2)cc1. The first-order valence-electron chi connectivity index (χ1n) is 7.60. The number of benzene rings is 2. The molecule has 1 atom stereocenters. The highest BCUT2D eigenvalue weighted by atomic mass is 35.5. The zero-order chi connectivity index (χ0) is 18.1. The molecule has 0 radical (unpaired) electrons. The minimum atomic E-state index is -0.467. The Bertz CT molecular complexity index is 850. The summed E-state index contributed by atoms with van der Waals surface area (Å²) in [4.78, 5) is 12.0. The van der Waals surface area contributed by atoms with E-state index in [4.69, 9.17) is 27.9 Å². The molecule has 2 aromatic carbocycles. The molecule has 0 bridgehead atoms. The Morgan fingerprint density at radius 2 is 1.96 bits per heavy atom. The molecule has 0 saturated carbocycles. The van der Waals surface area contributed by atoms with E-state index in [0.717, 1.165) is 17.0 Å². The number of rotatable bonds is 3. The van der Waals surface area contributed by atoms with E-state index in [2.05, 4.69) is 5.10 Å². The number of methoxy groups -OCH3 is 1. The molecule has 3 rings (SSSR count). The number of aromatic hydroxyl groups is 1. The van der Waals surface area contributed by atoms with Crippen molar-refractivity contribution in [3.05, 3.63) is 57.6 Å². The number of hydrazone groups is 1. The fourth-order valence-corrected chi connectivity index (χ4v) is 3.35. The molecule has 0 aliphatic carbocycles. The van der Waals surface area contributed by atoms with Gasteiger partial charge in [0, 0.05) is 23.9 Å². The van der Waals surface area contributed by atoms with E-state index in [1.165, 1.54) is 18.0 Å². The van der Waals surface area contributed by atoms with Crippen LogP contribution in [0.3, 0.4) is 0 Å². The summed E-state index contributed by atoms with van der Waals surface area (Å²) >= 11 is 12.1. The fourth-order valence-electron chi connectivity index (χ4n) is 2.84. The molecular formula is C18H16Cl2N2O3. The van der Waals surface area contributed by atoms with E-state index < -0.39 is 6.04 Å². The van der Waals surface area contributed by atoms with Crippen LogP contribution in [0.4, 0.5) is 0 Å². The summed E-state index contributed by atoms with van der Waals surface area (Å²) in [6, 6.07) is 10.0. The quantitative estimate of drug-likeness (QED) is 0.860. The van der Waals surface area contributed by atoms with Crippen molar-refractivity contribution in [1.29, 1.82) is 0 Å². The number of phenols is 1. The second kappa shape index (κ2) is 6.94. The maximum atomic E-state index is 12.0. The van der Waals surface area contributed by atoms with Crippen LogP contribution in [0.25, 0.3) is 0 Å². The van der Waals surface area contributed by atoms with Gasteiger partial charge in [-0.2, -0.15) is 5.10 Å². The summed E-state index contributed by atoms with van der Waals surface area (Å²) in [6.45, 7) is 1.43. The molecule has 1 unspecified atom stereocenters. The third kappa shape index (κ3) is 3.43. The average molecular weight is 379 g/mol. The number of hydrogen-bond acceptors (Lipinski definition) is 4. The molecule has 1 aliphatic heterocycles. The average Bonchev–Trinajstić information content (AvgIpc) is 3.03. The predicted octanol–water partition coefficient (Wildman–Crippen LogP) is 4.41. The number of carbonyl (C=O) groups is 1. The molecule has 2 aromatic rings. The van der Waals surface area contributed by atoms with Crippen LogP contribution in [0.5, 0.6) is 11.5 Å². The number of halogens is 2. The van der Waals surface area contributed by atoms with E-state index in [1.54, 1.807) is 13.2 Å². The molecule has 0 aromatic heterocycles. The van der Waals surface area contributed by atoms with Crippen molar-refractivity contribution in [2.24, 2.45) is 5.10 Å². The van der Waals surface area contributed by atoms with Crippen molar-refractivity contribution in [1.82, 2.24) is 5.01 Å². The number of carbonyl (C=O) groups excluding carboxylic acids is 1. The van der Waals surface area contributed by atoms with E-state index in [-0.39, 0.29) is 16.7 Å². The third-order valence-corrected chi connectivity index (χ3v) is 4.58. The van der Waals surface area contributed by atoms with Crippen LogP contribution in [-0.2, 0) is 4.79 Å². The van der Waals surface area contributed by atoms with Gasteiger partial charge in [0.1, 0.15) is 11.5 Å². The van der Waals surface area contributed by atoms with Gasteiger partial charge < -0.3 is 9.84 Å². The van der Waals surface area contributed by atoms with Crippen molar-refractivity contribution in [2.45, 2.75) is 19.4 Å². The maximum absolute atomic E-state index is 12.0. The number of ether oxygens (including phenoxy) is 1. The zero-order valence-corrected chi connectivity index (χ0v) is 15.2. The van der Waals surface area contributed by atoms with Crippen molar-refractivity contribution < 1.29 is 14.6 Å². The van der Waals surface area contributed by atoms with E-state index >= 15 is 0 Å². The van der Waals surface area contributed by atoms with Crippen LogP contribution >= 0.6 is 23.2 Å². The minimum Gasteiger partial charge on any atom is -0.506 e. The molecule has 0 fully saturated rings. The van der Waals surface area contributed by atoms with Crippen LogP contribution in [0, 0.1) is 0 Å². The van der Waals surface area contributed by atoms with Crippen LogP contribution in [0.15, 0.2) is 41.5 Å². The predicted molar refractivity (Wildman–Crippen MR) is 97.5 cm³/mol. The first-order valence-corrected chi connectivity index (χ1v) is 8.36. The third-order valence-electron chi connectivity index (χ3n) is 4.07. The van der Waals surface area contributed by atoms with Gasteiger partial charge in [0.2, 0.25) is 5.91 Å². The highest BCUT2D eigenvalue weighted by molar-refractivity contribution is 6.35. The van der Waals surface area contributed by atoms with Crippen molar-refractivity contribution >= 4 is 34.8 Å². The highest BCUT2D eigenvalue weighted by Crippen LogP contribution is 2.41. The van der Waals surface area contributed by atoms with E-state index in [1.807, 2.05) is 24.3 Å². The van der Waals surface area contributed by atoms with Gasteiger partial charge in [-0.05, 0) is 42.0 Å². The lowest BCUT2D eigenvalue weighted by atomic mass is 9.97. The van der Waals surface area contributed by atoms with E-state index in [9.17, 15) is 9.90 Å². The van der Waals surface area contributed by atoms with Crippen molar-refractivity contribution in [3.8, 4) is 11.5 Å². The number of hydrogen-bond donors (Lipinski definition) is 1. The fraction of sp³-hybridized carbons (Fsp3) is 0.222. The summed E-state index contributed by atoms with van der Waals surface area (Å²) in [5, 5.41) is 16.6. The van der Waals surface area contributed by atoms with Gasteiger partial charge in [0.15, 0.2) is 0 Å². The standard InChI is InChI=1S/C18H16Cl2N2O3/c1-10(23)22-17(14-7-12(19)8-15(20)18(14)24)9-16(21-22)11-3-5-13(25-2)6-4-11/h3-8,17,24H,9H2,1-2H3. The molecule has 7 heteroatoms. The summed E-state index contributed by atoms with van der Waals surface area (Å²) in [5.74, 6) is 0.416. The second-order valence-corrected chi connectivity index (χ2v) is 6.53. The Balaban J connectivity index is 1.99. The maximum Gasteiger partial charge on any atom is 0.240 e. The lowest BCUT2D eigenvalue weighted by molar-refractivity contribution is -0.130. The number of amides is 1. The lowest BCUT2D eigenvalue weighted by Gasteiger charge is -2.22. The Morgan fingerprint density at radius 3 is 2.56 bits per heavy atom. The number of nitrogens with zero attached hydrogens (tertiary/aromatic N) is 2. The Labute approximate surface area is 155 Å². The normalized spacial score (nSPS) is 16.7. The number of phenolic OH excluding ortho intramolecular Hbond substituents is 1. The summed E-state index contributed by atoms with van der Waals surface area (Å²) < 4.78 is 5.16. The van der Waals surface area contributed by atoms with Crippen LogP contribution in [0.1, 0.15) is 30.5 Å². The molecule has 1 N–H and O–H groups in total. The summed E-state index contributed by atoms with van der Waals surface area (Å²) in [7, 11) is 1.60. The first kappa shape index (κ1) is 17.6. The van der Waals surface area contributed by atoms with Crippen LogP contribution in [0.2, 0.25) is 10.0 Å². The summed E-state index contributed by atoms with van der Waals surface area (Å²) in [6.07, 6.45) is 0.441. The van der Waals surface area contributed by atoms with Crippen molar-refractivity contribution in [3.63, 3.8) is 0 Å². The van der Waals surface area contributed by atoms with Crippen LogP contribution in [-0.4, -0.2) is 28.8 Å². The minimum absolute atomic E-state index is 0.0894. The largest absolute Gasteiger partial charge is 0.506 e. The first-order chi connectivity index (χ1) is 11.9. The van der Waals surface area contributed by atoms with Crippen molar-refractivity contribution in [2.75, 3.05) is 7.11 Å². The molecule has 5 nitrogen and oxygen atoms in total. The Morgan fingerprint density at radius 1 is 1.28 bits per heavy atom. The zero-order valence-electron chi connectivity index (χ0n) is 13.7. The summed E-state index contributed by atoms with van der Waals surface area (Å²) in [5.41, 5.74) is 2.08. The van der Waals surface area contributed by atoms with Gasteiger partial charge in [-0.3, -0.25) is 4.79 Å². The topological polar surface area (TPSA) is 62.1 Å². The van der Waals surface area contributed by atoms with Gasteiger partial charge in [-0.15, -0.1) is 0 Å². The Kier molecular flexibility index (Phi) is 4.88. The Hall–Kier alpha value is -2.24. The molecule has 1 aliphatic rings. The van der Waals surface area contributed by atoms with Gasteiger partial charge >= 0.3 is 0 Å². The lowest BCUT2D eigenvalue weighted by Crippen LogP contribution is -2.24. The molecule has 1 amide bonds. The molecule has 25 heavy (non-hydrogen) atoms. The molecule has 1 heterocycles. The molecule has 130 valence electrons. The molecule has 0 saturated heterocycles. The second-order valence-electron chi connectivity index (χ2n) is 5.68. The van der Waals surface area contributed by atoms with Gasteiger partial charge in [-0.25, -0.2) is 5.01 Å². The molecule has 0 spiro atoms. The smallest absolute Gasteiger partial charge is 0.240 e. The van der Waals surface area contributed by atoms with Gasteiger partial charge in [0.05, 0.1) is 23.9 Å². The van der Waals surface area contributed by atoms with Gasteiger partial charge in [-0.1, -0.05) is 23.2 Å². The monoisotopic (exact) mass is 378 g/mol. The van der Waals surface area contributed by atoms with E-state index in [0.29, 0.717) is 17.0 Å². The molecular weight excluding hydrogens is 363 g/mol. The van der Waals surface area contributed by atoms with Gasteiger partial charge in [0.25, 0.3) is 0 Å². The van der Waals surface area contributed by atoms with Crippen LogP contribution < -0.4 is 4.74 Å².